The minimum Gasteiger partial charge on any atom is -0.392 e. The van der Waals surface area contributed by atoms with Crippen LogP contribution in [0.2, 0.25) is 0 Å². The Kier molecular flexibility index (Phi) is 8.16. The van der Waals surface area contributed by atoms with E-state index in [9.17, 15) is 9.90 Å². The molecule has 4 atom stereocenters. The number of benzene rings is 2. The molecular weight excluding hydrogens is 560 g/mol. The Bertz CT molecular complexity index is 1370. The molecule has 8 nitrogen and oxygen atoms in total. The van der Waals surface area contributed by atoms with Gasteiger partial charge in [-0.25, -0.2) is 14.8 Å². The number of urea groups is 1. The van der Waals surface area contributed by atoms with Gasteiger partial charge in [0.2, 0.25) is 0 Å². The average molecular weight is 601 g/mol. The molecule has 1 saturated heterocycles. The Labute approximate surface area is 257 Å². The number of ether oxygens (including phenoxy) is 2. The van der Waals surface area contributed by atoms with Crippen molar-refractivity contribution < 1.29 is 19.4 Å². The quantitative estimate of drug-likeness (QED) is 0.197. The Morgan fingerprint density at radius 3 is 2.19 bits per heavy atom. The summed E-state index contributed by atoms with van der Waals surface area (Å²) in [6.45, 7) is 2.15. The molecule has 2 heterocycles. The van der Waals surface area contributed by atoms with E-state index in [1.165, 1.54) is 19.3 Å². The molecule has 5 aliphatic rings. The fourth-order valence-corrected chi connectivity index (χ4v) is 9.18. The van der Waals surface area contributed by atoms with Crippen molar-refractivity contribution in [1.29, 1.82) is 0 Å². The fraction of sp³-hybridized carbons (Fsp3) is 0.500. The lowest BCUT2D eigenvalue weighted by Crippen LogP contribution is -2.60. The van der Waals surface area contributed by atoms with Crippen LogP contribution in [0.3, 0.4) is 0 Å². The van der Waals surface area contributed by atoms with Gasteiger partial charge in [-0.1, -0.05) is 55.1 Å². The lowest BCUT2D eigenvalue weighted by molar-refractivity contribution is -0.268. The maximum absolute atomic E-state index is 13.1. The van der Waals surface area contributed by atoms with Crippen LogP contribution in [0.25, 0.3) is 0 Å². The van der Waals surface area contributed by atoms with Crippen molar-refractivity contribution in [3.05, 3.63) is 83.7 Å². The first-order valence-electron chi connectivity index (χ1n) is 15.5. The number of amides is 2. The van der Waals surface area contributed by atoms with E-state index in [1.54, 1.807) is 24.2 Å². The van der Waals surface area contributed by atoms with E-state index in [0.717, 1.165) is 59.4 Å². The topological polar surface area (TPSA) is 106 Å². The molecule has 0 unspecified atom stereocenters. The highest BCUT2D eigenvalue weighted by Crippen LogP contribution is 2.55. The summed E-state index contributed by atoms with van der Waals surface area (Å²) in [6.07, 6.45) is 10.0. The molecule has 9 heteroatoms. The molecule has 0 radical (unpaired) electrons. The van der Waals surface area contributed by atoms with Gasteiger partial charge in [0.15, 0.2) is 11.4 Å². The SMILES string of the molecule is C[C@@H]1[C@H](CSc2ncccn2)O[C@H](c2ccc(NC(=O)NC34CC5CC(CC(C5)C3)C4)cc2)O[C@@H]1c1ccc(CO)cc1. The summed E-state index contributed by atoms with van der Waals surface area (Å²) < 4.78 is 13.1. The number of hydrogen-bond donors (Lipinski definition) is 3. The first kappa shape index (κ1) is 28.8. The number of thioether (sulfide) groups is 1. The van der Waals surface area contributed by atoms with Gasteiger partial charge in [-0.15, -0.1) is 0 Å². The third-order valence-electron chi connectivity index (χ3n) is 9.90. The highest BCUT2D eigenvalue weighted by atomic mass is 32.2. The minimum absolute atomic E-state index is 0.00435. The van der Waals surface area contributed by atoms with E-state index < -0.39 is 6.29 Å². The molecule has 3 aromatic rings. The van der Waals surface area contributed by atoms with Crippen molar-refractivity contribution in [3.63, 3.8) is 0 Å². The lowest BCUT2D eigenvalue weighted by Gasteiger charge is -2.56. The summed E-state index contributed by atoms with van der Waals surface area (Å²) in [5.41, 5.74) is 3.52. The molecule has 4 bridgehead atoms. The maximum atomic E-state index is 13.1. The summed E-state index contributed by atoms with van der Waals surface area (Å²) in [6, 6.07) is 17.4. The number of hydrogen-bond acceptors (Lipinski definition) is 7. The zero-order valence-electron chi connectivity index (χ0n) is 24.5. The third kappa shape index (κ3) is 6.32. The smallest absolute Gasteiger partial charge is 0.319 e. The van der Waals surface area contributed by atoms with Gasteiger partial charge in [-0.3, -0.25) is 0 Å². The number of aliphatic hydroxyl groups excluding tert-OH is 1. The molecule has 4 aliphatic carbocycles. The van der Waals surface area contributed by atoms with Crippen LogP contribution in [-0.2, 0) is 16.1 Å². The second kappa shape index (κ2) is 12.2. The van der Waals surface area contributed by atoms with Crippen molar-refractivity contribution in [3.8, 4) is 0 Å². The Hall–Kier alpha value is -2.98. The lowest BCUT2D eigenvalue weighted by atomic mass is 9.53. The second-order valence-electron chi connectivity index (χ2n) is 13.1. The van der Waals surface area contributed by atoms with Crippen LogP contribution in [0.1, 0.15) is 74.5 Å². The zero-order valence-corrected chi connectivity index (χ0v) is 25.3. The molecule has 0 spiro atoms. The maximum Gasteiger partial charge on any atom is 0.319 e. The van der Waals surface area contributed by atoms with Crippen molar-refractivity contribution in [2.45, 2.75) is 81.2 Å². The van der Waals surface area contributed by atoms with Crippen molar-refractivity contribution in [2.24, 2.45) is 23.7 Å². The molecule has 5 fully saturated rings. The van der Waals surface area contributed by atoms with Crippen LogP contribution in [0.15, 0.2) is 72.1 Å². The standard InChI is InChI=1S/C34H40N4O4S/c1-21-29(20-43-33-35-11-2-12-36-33)41-31(42-30(21)26-5-3-22(19-39)4-6-26)27-7-9-28(10-8-27)37-32(40)38-34-16-23-13-24(17-34)15-25(14-23)18-34/h2-12,21,23-25,29-31,39H,13-20H2,1H3,(H2,37,38,40)/t21-,23?,24?,25?,29+,30+,31+,34?/m1/s1. The van der Waals surface area contributed by atoms with Gasteiger partial charge in [-0.05, 0) is 85.6 Å². The highest BCUT2D eigenvalue weighted by Gasteiger charge is 2.51. The van der Waals surface area contributed by atoms with Gasteiger partial charge in [0.25, 0.3) is 0 Å². The van der Waals surface area contributed by atoms with Crippen LogP contribution >= 0.6 is 11.8 Å². The number of nitrogens with zero attached hydrogens (tertiary/aromatic N) is 2. The van der Waals surface area contributed by atoms with Crippen LogP contribution < -0.4 is 10.6 Å². The molecule has 1 aromatic heterocycles. The van der Waals surface area contributed by atoms with Crippen LogP contribution in [0, 0.1) is 23.7 Å². The van der Waals surface area contributed by atoms with E-state index in [-0.39, 0.29) is 36.3 Å². The van der Waals surface area contributed by atoms with E-state index in [2.05, 4.69) is 27.5 Å². The largest absolute Gasteiger partial charge is 0.392 e. The Balaban J connectivity index is 1.04. The third-order valence-corrected chi connectivity index (χ3v) is 10.9. The molecule has 2 aromatic carbocycles. The minimum atomic E-state index is -0.573. The number of carbonyl (C=O) groups excluding carboxylic acids is 1. The summed E-state index contributed by atoms with van der Waals surface area (Å²) in [5, 5.41) is 16.7. The Morgan fingerprint density at radius 1 is 0.930 bits per heavy atom. The number of rotatable bonds is 8. The molecule has 8 rings (SSSR count). The van der Waals surface area contributed by atoms with Crippen LogP contribution in [0.5, 0.6) is 0 Å². The van der Waals surface area contributed by atoms with Gasteiger partial charge in [0, 0.05) is 40.9 Å². The molecule has 4 saturated carbocycles. The number of nitrogens with one attached hydrogen (secondary N) is 2. The molecular formula is C34H40N4O4S. The van der Waals surface area contributed by atoms with E-state index in [4.69, 9.17) is 9.47 Å². The van der Waals surface area contributed by atoms with E-state index in [0.29, 0.717) is 10.9 Å². The first-order valence-corrected chi connectivity index (χ1v) is 16.5. The molecule has 1 aliphatic heterocycles. The van der Waals surface area contributed by atoms with E-state index in [1.807, 2.05) is 54.6 Å². The zero-order chi connectivity index (χ0) is 29.4. The predicted octanol–water partition coefficient (Wildman–Crippen LogP) is 6.64. The molecule has 2 amide bonds. The normalized spacial score (nSPS) is 32.8. The number of aliphatic hydroxyl groups is 1. The summed E-state index contributed by atoms with van der Waals surface area (Å²) in [4.78, 5) is 21.8. The van der Waals surface area contributed by atoms with Crippen LogP contribution in [0.4, 0.5) is 10.5 Å². The summed E-state index contributed by atoms with van der Waals surface area (Å²) in [5.74, 6) is 3.09. The second-order valence-corrected chi connectivity index (χ2v) is 14.1. The first-order chi connectivity index (χ1) is 20.9. The van der Waals surface area contributed by atoms with E-state index >= 15 is 0 Å². The van der Waals surface area contributed by atoms with Crippen molar-refractivity contribution in [2.75, 3.05) is 11.1 Å². The average Bonchev–Trinajstić information content (AvgIpc) is 3.00. The number of anilines is 1. The van der Waals surface area contributed by atoms with Crippen molar-refractivity contribution in [1.82, 2.24) is 15.3 Å². The Morgan fingerprint density at radius 2 is 1.56 bits per heavy atom. The number of aromatic nitrogens is 2. The molecule has 43 heavy (non-hydrogen) atoms. The van der Waals surface area contributed by atoms with Gasteiger partial charge >= 0.3 is 6.03 Å². The number of carbonyl (C=O) groups is 1. The monoisotopic (exact) mass is 600 g/mol. The summed E-state index contributed by atoms with van der Waals surface area (Å²) in [7, 11) is 0. The summed E-state index contributed by atoms with van der Waals surface area (Å²) >= 11 is 1.57. The molecule has 3 N–H and O–H groups in total. The van der Waals surface area contributed by atoms with Crippen LogP contribution in [-0.4, -0.2) is 38.5 Å². The highest BCUT2D eigenvalue weighted by molar-refractivity contribution is 7.99. The fourth-order valence-electron chi connectivity index (χ4n) is 8.22. The molecule has 226 valence electrons. The van der Waals surface area contributed by atoms with Gasteiger partial charge < -0.3 is 25.2 Å². The van der Waals surface area contributed by atoms with Gasteiger partial charge in [-0.2, -0.15) is 0 Å². The van der Waals surface area contributed by atoms with Gasteiger partial charge in [0.1, 0.15) is 0 Å². The van der Waals surface area contributed by atoms with Gasteiger partial charge in [0.05, 0.1) is 18.8 Å². The predicted molar refractivity (Wildman–Crippen MR) is 165 cm³/mol. The van der Waals surface area contributed by atoms with Crippen molar-refractivity contribution >= 4 is 23.5 Å².